The molecular formula is C32H36IrNO2S-. The summed E-state index contributed by atoms with van der Waals surface area (Å²) in [4.78, 5) is 17.4. The van der Waals surface area contributed by atoms with E-state index in [4.69, 9.17) is 10.1 Å². The average molecular weight is 691 g/mol. The zero-order valence-corrected chi connectivity index (χ0v) is 26.1. The van der Waals surface area contributed by atoms with Gasteiger partial charge in [0.05, 0.1) is 5.76 Å². The second kappa shape index (κ2) is 13.3. The number of nitrogens with zero attached hydrogens (tertiary/aromatic N) is 1. The molecule has 3 nitrogen and oxygen atoms in total. The van der Waals surface area contributed by atoms with Crippen LogP contribution < -0.4 is 0 Å². The van der Waals surface area contributed by atoms with Crippen molar-refractivity contribution < 1.29 is 30.0 Å². The van der Waals surface area contributed by atoms with E-state index < -0.39 is 0 Å². The minimum Gasteiger partial charge on any atom is -0.512 e. The van der Waals surface area contributed by atoms with Gasteiger partial charge in [-0.2, -0.15) is 0 Å². The van der Waals surface area contributed by atoms with Crippen LogP contribution in [0.15, 0.2) is 60.4 Å². The Kier molecular flexibility index (Phi) is 11.0. The smallest absolute Gasteiger partial charge is 0.155 e. The first-order chi connectivity index (χ1) is 16.9. The molecule has 2 heterocycles. The zero-order chi connectivity index (χ0) is 26.6. The molecule has 0 aliphatic heterocycles. The normalized spacial score (nSPS) is 11.4. The Morgan fingerprint density at radius 2 is 1.57 bits per heavy atom. The Bertz CT molecular complexity index is 1370. The molecule has 0 amide bonds. The minimum absolute atomic E-state index is 0. The summed E-state index contributed by atoms with van der Waals surface area (Å²) < 4.78 is 0. The van der Waals surface area contributed by atoms with E-state index in [-0.39, 0.29) is 31.6 Å². The molecule has 2 aromatic carbocycles. The molecule has 4 rings (SSSR count). The summed E-state index contributed by atoms with van der Waals surface area (Å²) >= 11 is 1.78. The number of aliphatic hydroxyl groups excluding tert-OH is 1. The minimum atomic E-state index is -0.125. The number of aromatic nitrogens is 1. The van der Waals surface area contributed by atoms with E-state index in [1.54, 1.807) is 11.3 Å². The fourth-order valence-electron chi connectivity index (χ4n) is 4.02. The van der Waals surface area contributed by atoms with Crippen LogP contribution in [0.1, 0.15) is 75.6 Å². The Morgan fingerprint density at radius 1 is 0.946 bits per heavy atom. The maximum absolute atomic E-state index is 10.0. The third-order valence-electron chi connectivity index (χ3n) is 5.81. The van der Waals surface area contributed by atoms with E-state index >= 15 is 0 Å². The number of aryl methyl sites for hydroxylation is 2. The van der Waals surface area contributed by atoms with Crippen molar-refractivity contribution in [3.8, 4) is 21.7 Å². The van der Waals surface area contributed by atoms with Gasteiger partial charge in [-0.1, -0.05) is 71.9 Å². The van der Waals surface area contributed by atoms with Crippen molar-refractivity contribution in [3.63, 3.8) is 0 Å². The molecule has 4 aromatic rings. The van der Waals surface area contributed by atoms with Gasteiger partial charge in [-0.3, -0.25) is 9.78 Å². The summed E-state index contributed by atoms with van der Waals surface area (Å²) in [6, 6.07) is 21.4. The van der Waals surface area contributed by atoms with E-state index in [0.717, 1.165) is 21.7 Å². The van der Waals surface area contributed by atoms with Gasteiger partial charge in [0.25, 0.3) is 0 Å². The number of allylic oxidation sites excluding steroid dienone is 2. The van der Waals surface area contributed by atoms with Crippen molar-refractivity contribution in [2.45, 2.75) is 67.2 Å². The fraction of sp³-hybridized carbons (Fsp3) is 0.312. The molecule has 0 saturated heterocycles. The first-order valence-corrected chi connectivity index (χ1v) is 13.2. The van der Waals surface area contributed by atoms with E-state index in [2.05, 4.69) is 96.1 Å². The number of fused-ring (bicyclic) bond motifs is 1. The maximum atomic E-state index is 10.0. The second-order valence-corrected chi connectivity index (χ2v) is 11.1. The number of ketones is 1. The maximum Gasteiger partial charge on any atom is 0.155 e. The Hall–Kier alpha value is -2.59. The number of hydrogen-bond acceptors (Lipinski definition) is 4. The van der Waals surface area contributed by atoms with Crippen LogP contribution in [0.5, 0.6) is 0 Å². The average Bonchev–Trinajstić information content (AvgIpc) is 3.21. The standard InChI is InChI=1S/C27H28NS.C5H8O2.Ir/c1-16(2)21-12-22(17(3)4)14-24(13-21)26-15-20-7-8-25(28-27(20)29-26)23-10-18(5)9-19(6)11-23;1-4(6)3-5(2)7;/h7-10,12-17H,1-6H3;3,6H,1-2H3;/q-1;;/b;4-3-;. The number of carbonyl (C=O) groups is 1. The monoisotopic (exact) mass is 691 g/mol. The molecule has 0 aliphatic carbocycles. The number of thiophene rings is 1. The first-order valence-electron chi connectivity index (χ1n) is 12.4. The summed E-state index contributed by atoms with van der Waals surface area (Å²) in [6.07, 6.45) is 1.17. The summed E-state index contributed by atoms with van der Waals surface area (Å²) in [5.41, 5.74) is 8.59. The van der Waals surface area contributed by atoms with Crippen molar-refractivity contribution in [1.82, 2.24) is 4.98 Å². The largest absolute Gasteiger partial charge is 0.512 e. The Balaban J connectivity index is 0.000000532. The van der Waals surface area contributed by atoms with Crippen molar-refractivity contribution >= 4 is 27.3 Å². The Morgan fingerprint density at radius 3 is 2.05 bits per heavy atom. The molecule has 0 saturated carbocycles. The molecular weight excluding hydrogens is 655 g/mol. The summed E-state index contributed by atoms with van der Waals surface area (Å²) in [7, 11) is 0. The van der Waals surface area contributed by atoms with Gasteiger partial charge < -0.3 is 5.11 Å². The summed E-state index contributed by atoms with van der Waals surface area (Å²) in [6.45, 7) is 16.1. The second-order valence-electron chi connectivity index (χ2n) is 10.1. The number of pyridine rings is 1. The predicted octanol–water partition coefficient (Wildman–Crippen LogP) is 9.33. The van der Waals surface area contributed by atoms with Crippen molar-refractivity contribution in [2.75, 3.05) is 0 Å². The fourth-order valence-corrected chi connectivity index (χ4v) is 5.04. The van der Waals surface area contributed by atoms with E-state index in [9.17, 15) is 4.79 Å². The van der Waals surface area contributed by atoms with Gasteiger partial charge >= 0.3 is 0 Å². The number of aliphatic hydroxyl groups is 1. The molecule has 1 N–H and O–H groups in total. The van der Waals surface area contributed by atoms with E-state index in [1.807, 2.05) is 0 Å². The Labute approximate surface area is 239 Å². The van der Waals surface area contributed by atoms with Crippen LogP contribution in [-0.2, 0) is 24.9 Å². The third kappa shape index (κ3) is 8.46. The number of rotatable bonds is 5. The predicted molar refractivity (Wildman–Crippen MR) is 154 cm³/mol. The van der Waals surface area contributed by atoms with Crippen molar-refractivity contribution in [1.29, 1.82) is 0 Å². The molecule has 0 bridgehead atoms. The van der Waals surface area contributed by atoms with Crippen LogP contribution in [0.25, 0.3) is 31.9 Å². The molecule has 0 atom stereocenters. The zero-order valence-electron chi connectivity index (χ0n) is 22.9. The van der Waals surface area contributed by atoms with Crippen molar-refractivity contribution in [3.05, 3.63) is 88.7 Å². The van der Waals surface area contributed by atoms with Crippen molar-refractivity contribution in [2.24, 2.45) is 0 Å². The van der Waals surface area contributed by atoms with Gasteiger partial charge in [0, 0.05) is 36.4 Å². The molecule has 2 aromatic heterocycles. The third-order valence-corrected chi connectivity index (χ3v) is 6.91. The first kappa shape index (κ1) is 30.6. The molecule has 0 aliphatic rings. The van der Waals surface area contributed by atoms with Crippen LogP contribution in [-0.4, -0.2) is 15.9 Å². The number of hydrogen-bond donors (Lipinski definition) is 1. The van der Waals surface area contributed by atoms with Crippen LogP contribution in [0.4, 0.5) is 0 Å². The molecule has 0 spiro atoms. The van der Waals surface area contributed by atoms with Crippen LogP contribution >= 0.6 is 11.3 Å². The van der Waals surface area contributed by atoms with Crippen LogP contribution in [0, 0.1) is 19.9 Å². The van der Waals surface area contributed by atoms with Gasteiger partial charge in [-0.15, -0.1) is 46.2 Å². The number of carbonyl (C=O) groups excluding carboxylic acids is 1. The molecule has 5 heteroatoms. The molecule has 0 fully saturated rings. The van der Waals surface area contributed by atoms with Gasteiger partial charge in [-0.25, -0.2) is 0 Å². The van der Waals surface area contributed by atoms with Gasteiger partial charge in [0.1, 0.15) is 4.83 Å². The van der Waals surface area contributed by atoms with Gasteiger partial charge in [0.2, 0.25) is 0 Å². The SMILES string of the molecule is CC(=O)/C=C(/C)O.Cc1[c-]c(-c2ccc3cc(-c4cc(C(C)C)cc(C(C)C)c4)sc3n2)cc(C)c1.[Ir]. The molecule has 37 heavy (non-hydrogen) atoms. The van der Waals surface area contributed by atoms with Gasteiger partial charge in [0.15, 0.2) is 5.78 Å². The summed E-state index contributed by atoms with van der Waals surface area (Å²) in [5, 5.41) is 9.57. The topological polar surface area (TPSA) is 50.2 Å². The van der Waals surface area contributed by atoms with E-state index in [0.29, 0.717) is 11.8 Å². The molecule has 0 unspecified atom stereocenters. The number of benzene rings is 2. The molecule has 1 radical (unpaired) electrons. The summed E-state index contributed by atoms with van der Waals surface area (Å²) in [5.74, 6) is 0.978. The van der Waals surface area contributed by atoms with Gasteiger partial charge in [-0.05, 0) is 54.1 Å². The molecule has 197 valence electrons. The van der Waals surface area contributed by atoms with Crippen LogP contribution in [0.3, 0.4) is 0 Å². The quantitative estimate of drug-likeness (QED) is 0.129. The van der Waals surface area contributed by atoms with E-state index in [1.165, 1.54) is 52.4 Å². The van der Waals surface area contributed by atoms with Crippen LogP contribution in [0.2, 0.25) is 0 Å².